The Balaban J connectivity index is 3.87. The maximum absolute atomic E-state index is 12.2. The number of hydrogen-bond acceptors (Lipinski definition) is 4. The Kier molecular flexibility index (Phi) is 50.2. The minimum absolute atomic E-state index is 0.0127. The first-order valence-electron chi connectivity index (χ1n) is 27.1. The molecule has 2 atom stereocenters. The second kappa shape index (κ2) is 50.7. The third-order valence-electron chi connectivity index (χ3n) is 12.7. The van der Waals surface area contributed by atoms with Crippen LogP contribution in [0, 0.1) is 0 Å². The van der Waals surface area contributed by atoms with Gasteiger partial charge in [-0.25, -0.2) is 0 Å². The SMILES string of the molecule is CCCCCCCCCCCCCCCCCCOC(=O)CCCCCCCC(OCCCCCCCCCCCCCCCCCC)C(O)CCCCCCCC. The highest BCUT2D eigenvalue weighted by Gasteiger charge is 2.19. The molecule has 0 aromatic carbocycles. The summed E-state index contributed by atoms with van der Waals surface area (Å²) in [5.41, 5.74) is 0. The van der Waals surface area contributed by atoms with E-state index in [1.54, 1.807) is 0 Å². The van der Waals surface area contributed by atoms with Gasteiger partial charge in [0.1, 0.15) is 0 Å². The third kappa shape index (κ3) is 46.5. The van der Waals surface area contributed by atoms with Crippen molar-refractivity contribution in [2.75, 3.05) is 13.2 Å². The van der Waals surface area contributed by atoms with Crippen molar-refractivity contribution < 1.29 is 19.4 Å². The minimum atomic E-state index is -0.337. The van der Waals surface area contributed by atoms with Gasteiger partial charge in [0.15, 0.2) is 0 Å². The fraction of sp³-hybridized carbons (Fsp3) is 0.981. The zero-order valence-corrected chi connectivity index (χ0v) is 40.3. The van der Waals surface area contributed by atoms with E-state index >= 15 is 0 Å². The number of aliphatic hydroxyl groups is 1. The zero-order chi connectivity index (χ0) is 42.1. The molecule has 0 radical (unpaired) electrons. The molecule has 2 unspecified atom stereocenters. The van der Waals surface area contributed by atoms with Gasteiger partial charge in [-0.05, 0) is 32.1 Å². The van der Waals surface area contributed by atoms with E-state index in [9.17, 15) is 9.90 Å². The fourth-order valence-corrected chi connectivity index (χ4v) is 8.64. The second-order valence-corrected chi connectivity index (χ2v) is 18.7. The van der Waals surface area contributed by atoms with Crippen molar-refractivity contribution in [2.24, 2.45) is 0 Å². The second-order valence-electron chi connectivity index (χ2n) is 18.7. The monoisotopic (exact) mass is 821 g/mol. The van der Waals surface area contributed by atoms with E-state index in [2.05, 4.69) is 20.8 Å². The molecule has 4 heteroatoms. The molecule has 1 N–H and O–H groups in total. The highest BCUT2D eigenvalue weighted by Crippen LogP contribution is 2.20. The predicted octanol–water partition coefficient (Wildman–Crippen LogP) is 18.3. The van der Waals surface area contributed by atoms with Crippen molar-refractivity contribution in [1.29, 1.82) is 0 Å². The average molecular weight is 821 g/mol. The highest BCUT2D eigenvalue weighted by atomic mass is 16.5. The Morgan fingerprint density at radius 1 is 0.345 bits per heavy atom. The number of carbonyl (C=O) groups excluding carboxylic acids is 1. The molecule has 0 bridgehead atoms. The van der Waals surface area contributed by atoms with Crippen molar-refractivity contribution >= 4 is 5.97 Å². The van der Waals surface area contributed by atoms with E-state index < -0.39 is 0 Å². The summed E-state index contributed by atoms with van der Waals surface area (Å²) in [6, 6.07) is 0. The number of ether oxygens (including phenoxy) is 2. The molecule has 0 aliphatic heterocycles. The molecule has 0 aliphatic rings. The molecule has 0 fully saturated rings. The lowest BCUT2D eigenvalue weighted by Crippen LogP contribution is -2.29. The van der Waals surface area contributed by atoms with E-state index in [1.165, 1.54) is 225 Å². The van der Waals surface area contributed by atoms with Crippen LogP contribution in [0.25, 0.3) is 0 Å². The number of rotatable bonds is 51. The molecular formula is C54H108O4. The van der Waals surface area contributed by atoms with Crippen LogP contribution in [0.2, 0.25) is 0 Å². The molecule has 0 aromatic rings. The number of aliphatic hydroxyl groups excluding tert-OH is 1. The summed E-state index contributed by atoms with van der Waals surface area (Å²) in [5.74, 6) is -0.0127. The zero-order valence-electron chi connectivity index (χ0n) is 40.3. The van der Waals surface area contributed by atoms with Crippen LogP contribution in [0.1, 0.15) is 316 Å². The summed E-state index contributed by atoms with van der Waals surface area (Å²) in [4.78, 5) is 12.2. The summed E-state index contributed by atoms with van der Waals surface area (Å²) < 4.78 is 11.9. The lowest BCUT2D eigenvalue weighted by atomic mass is 9.99. The van der Waals surface area contributed by atoms with Gasteiger partial charge in [0.2, 0.25) is 0 Å². The van der Waals surface area contributed by atoms with E-state index in [-0.39, 0.29) is 18.2 Å². The number of esters is 1. The largest absolute Gasteiger partial charge is 0.466 e. The van der Waals surface area contributed by atoms with Gasteiger partial charge in [0.05, 0.1) is 18.8 Å². The number of unbranched alkanes of at least 4 members (excludes halogenated alkanes) is 39. The standard InChI is InChI=1S/C54H108O4/c1-4-7-10-13-16-18-20-22-24-26-28-30-32-34-40-45-50-57-53(52(55)47-42-37-15-12-9-6-3)48-43-38-36-39-44-49-54(56)58-51-46-41-35-33-31-29-27-25-23-21-19-17-14-11-8-5-2/h52-53,55H,4-51H2,1-3H3. The molecule has 0 rings (SSSR count). The Morgan fingerprint density at radius 3 is 0.983 bits per heavy atom. The van der Waals surface area contributed by atoms with Crippen molar-refractivity contribution in [3.05, 3.63) is 0 Å². The van der Waals surface area contributed by atoms with Crippen LogP contribution in [-0.2, 0) is 14.3 Å². The van der Waals surface area contributed by atoms with Crippen molar-refractivity contribution in [3.63, 3.8) is 0 Å². The Hall–Kier alpha value is -0.610. The molecule has 0 heterocycles. The highest BCUT2D eigenvalue weighted by molar-refractivity contribution is 5.69. The molecule has 348 valence electrons. The smallest absolute Gasteiger partial charge is 0.305 e. The van der Waals surface area contributed by atoms with E-state index in [1.807, 2.05) is 0 Å². The molecule has 0 amide bonds. The summed E-state index contributed by atoms with van der Waals surface area (Å²) in [7, 11) is 0. The number of hydrogen-bond donors (Lipinski definition) is 1. The van der Waals surface area contributed by atoms with E-state index in [0.29, 0.717) is 13.0 Å². The van der Waals surface area contributed by atoms with Crippen LogP contribution in [-0.4, -0.2) is 36.5 Å². The summed E-state index contributed by atoms with van der Waals surface area (Å²) in [6.07, 6.45) is 58.9. The van der Waals surface area contributed by atoms with Crippen LogP contribution in [0.5, 0.6) is 0 Å². The maximum atomic E-state index is 12.2. The summed E-state index contributed by atoms with van der Waals surface area (Å²) >= 11 is 0. The first kappa shape index (κ1) is 57.4. The van der Waals surface area contributed by atoms with Crippen molar-refractivity contribution in [2.45, 2.75) is 328 Å². The van der Waals surface area contributed by atoms with Crippen LogP contribution >= 0.6 is 0 Å². The predicted molar refractivity (Wildman–Crippen MR) is 256 cm³/mol. The lowest BCUT2D eigenvalue weighted by Gasteiger charge is -2.24. The average Bonchev–Trinajstić information content (AvgIpc) is 3.23. The van der Waals surface area contributed by atoms with Gasteiger partial charge in [-0.2, -0.15) is 0 Å². The van der Waals surface area contributed by atoms with Crippen molar-refractivity contribution in [3.8, 4) is 0 Å². The van der Waals surface area contributed by atoms with E-state index in [0.717, 1.165) is 70.8 Å². The topological polar surface area (TPSA) is 55.8 Å². The minimum Gasteiger partial charge on any atom is -0.466 e. The van der Waals surface area contributed by atoms with E-state index in [4.69, 9.17) is 9.47 Å². The molecule has 0 saturated heterocycles. The van der Waals surface area contributed by atoms with Crippen molar-refractivity contribution in [1.82, 2.24) is 0 Å². The van der Waals surface area contributed by atoms with Crippen LogP contribution in [0.4, 0.5) is 0 Å². The fourth-order valence-electron chi connectivity index (χ4n) is 8.64. The van der Waals surface area contributed by atoms with Crippen LogP contribution < -0.4 is 0 Å². The van der Waals surface area contributed by atoms with Gasteiger partial charge in [-0.15, -0.1) is 0 Å². The molecule has 0 spiro atoms. The first-order chi connectivity index (χ1) is 28.7. The Morgan fingerprint density at radius 2 is 0.621 bits per heavy atom. The molecule has 0 saturated carbocycles. The van der Waals surface area contributed by atoms with Gasteiger partial charge < -0.3 is 14.6 Å². The Bertz CT molecular complexity index is 755. The molecule has 0 aliphatic carbocycles. The first-order valence-corrected chi connectivity index (χ1v) is 27.1. The van der Waals surface area contributed by atoms with Gasteiger partial charge in [-0.3, -0.25) is 4.79 Å². The van der Waals surface area contributed by atoms with Crippen LogP contribution in [0.3, 0.4) is 0 Å². The molecule has 58 heavy (non-hydrogen) atoms. The number of carbonyl (C=O) groups is 1. The Labute approximate surface area is 365 Å². The van der Waals surface area contributed by atoms with Gasteiger partial charge in [-0.1, -0.05) is 278 Å². The quantitative estimate of drug-likeness (QED) is 0.0491. The van der Waals surface area contributed by atoms with Gasteiger partial charge >= 0.3 is 5.97 Å². The third-order valence-corrected chi connectivity index (χ3v) is 12.7. The van der Waals surface area contributed by atoms with Gasteiger partial charge in [0, 0.05) is 13.0 Å². The summed E-state index contributed by atoms with van der Waals surface area (Å²) in [5, 5.41) is 11.1. The lowest BCUT2D eigenvalue weighted by molar-refractivity contribution is -0.143. The maximum Gasteiger partial charge on any atom is 0.305 e. The van der Waals surface area contributed by atoms with Gasteiger partial charge in [0.25, 0.3) is 0 Å². The normalized spacial score (nSPS) is 12.7. The molecule has 0 aromatic heterocycles. The summed E-state index contributed by atoms with van der Waals surface area (Å²) in [6.45, 7) is 8.24. The molecule has 4 nitrogen and oxygen atoms in total. The van der Waals surface area contributed by atoms with Crippen LogP contribution in [0.15, 0.2) is 0 Å². The molecular weight excluding hydrogens is 713 g/mol.